The summed E-state index contributed by atoms with van der Waals surface area (Å²) >= 11 is 3.26. The molecule has 112 valence electrons. The SMILES string of the molecule is CCN(C(=O)Nc1ccc(Br)cc1C#N)C(C)CC(=O)O. The zero-order valence-electron chi connectivity index (χ0n) is 11.8. The summed E-state index contributed by atoms with van der Waals surface area (Å²) in [5.41, 5.74) is 0.728. The molecule has 0 radical (unpaired) electrons. The number of carbonyl (C=O) groups excluding carboxylic acids is 1. The number of amides is 2. The Morgan fingerprint density at radius 3 is 2.71 bits per heavy atom. The zero-order valence-corrected chi connectivity index (χ0v) is 13.3. The molecule has 7 heteroatoms. The minimum absolute atomic E-state index is 0.132. The highest BCUT2D eigenvalue weighted by Crippen LogP contribution is 2.21. The molecule has 21 heavy (non-hydrogen) atoms. The normalized spacial score (nSPS) is 11.3. The van der Waals surface area contributed by atoms with E-state index in [1.54, 1.807) is 32.0 Å². The van der Waals surface area contributed by atoms with Gasteiger partial charge >= 0.3 is 12.0 Å². The summed E-state index contributed by atoms with van der Waals surface area (Å²) in [5, 5.41) is 20.5. The number of halogens is 1. The minimum atomic E-state index is -0.963. The van der Waals surface area contributed by atoms with Crippen LogP contribution in [0.1, 0.15) is 25.8 Å². The Morgan fingerprint density at radius 1 is 1.52 bits per heavy atom. The van der Waals surface area contributed by atoms with E-state index in [4.69, 9.17) is 10.4 Å². The molecule has 0 aliphatic carbocycles. The van der Waals surface area contributed by atoms with Crippen molar-refractivity contribution in [2.24, 2.45) is 0 Å². The molecule has 2 amide bonds. The molecule has 1 rings (SSSR count). The number of anilines is 1. The zero-order chi connectivity index (χ0) is 16.0. The summed E-state index contributed by atoms with van der Waals surface area (Å²) in [7, 11) is 0. The molecule has 1 aromatic carbocycles. The number of hydrogen-bond donors (Lipinski definition) is 2. The molecule has 0 bridgehead atoms. The van der Waals surface area contributed by atoms with Gasteiger partial charge in [0, 0.05) is 17.1 Å². The Balaban J connectivity index is 2.88. The summed E-state index contributed by atoms with van der Waals surface area (Å²) in [5.74, 6) is -0.963. The van der Waals surface area contributed by atoms with Crippen molar-refractivity contribution in [1.82, 2.24) is 4.90 Å². The van der Waals surface area contributed by atoms with E-state index >= 15 is 0 Å². The maximum absolute atomic E-state index is 12.2. The fourth-order valence-electron chi connectivity index (χ4n) is 1.92. The fraction of sp³-hybridized carbons (Fsp3) is 0.357. The van der Waals surface area contributed by atoms with Gasteiger partial charge in [0.2, 0.25) is 0 Å². The van der Waals surface area contributed by atoms with Gasteiger partial charge in [0.15, 0.2) is 0 Å². The van der Waals surface area contributed by atoms with Crippen LogP contribution in [0.3, 0.4) is 0 Å². The maximum atomic E-state index is 12.2. The van der Waals surface area contributed by atoms with Crippen molar-refractivity contribution in [2.45, 2.75) is 26.3 Å². The number of carbonyl (C=O) groups is 2. The number of nitriles is 1. The van der Waals surface area contributed by atoms with Crippen molar-refractivity contribution in [2.75, 3.05) is 11.9 Å². The van der Waals surface area contributed by atoms with Gasteiger partial charge in [-0.2, -0.15) is 5.26 Å². The molecule has 2 N–H and O–H groups in total. The van der Waals surface area contributed by atoms with E-state index in [1.165, 1.54) is 4.90 Å². The van der Waals surface area contributed by atoms with Crippen LogP contribution in [0.15, 0.2) is 22.7 Å². The van der Waals surface area contributed by atoms with Crippen molar-refractivity contribution in [3.8, 4) is 6.07 Å². The van der Waals surface area contributed by atoms with E-state index in [9.17, 15) is 9.59 Å². The molecule has 0 saturated carbocycles. The standard InChI is InChI=1S/C14H16BrN3O3/c1-3-18(9(2)6-13(19)20)14(21)17-12-5-4-11(15)7-10(12)8-16/h4-5,7,9H,3,6H2,1-2H3,(H,17,21)(H,19,20). The van der Waals surface area contributed by atoms with Crippen LogP contribution in [0.5, 0.6) is 0 Å². The number of nitrogens with zero attached hydrogens (tertiary/aromatic N) is 2. The maximum Gasteiger partial charge on any atom is 0.322 e. The van der Waals surface area contributed by atoms with Crippen LogP contribution in [-0.2, 0) is 4.79 Å². The number of hydrogen-bond acceptors (Lipinski definition) is 3. The van der Waals surface area contributed by atoms with Crippen LogP contribution >= 0.6 is 15.9 Å². The molecule has 6 nitrogen and oxygen atoms in total. The summed E-state index contributed by atoms with van der Waals surface area (Å²) < 4.78 is 0.739. The quantitative estimate of drug-likeness (QED) is 0.850. The predicted molar refractivity (Wildman–Crippen MR) is 82.0 cm³/mol. The van der Waals surface area contributed by atoms with Crippen molar-refractivity contribution < 1.29 is 14.7 Å². The van der Waals surface area contributed by atoms with Crippen molar-refractivity contribution in [1.29, 1.82) is 5.26 Å². The van der Waals surface area contributed by atoms with Crippen molar-refractivity contribution in [3.63, 3.8) is 0 Å². The number of carboxylic acids is 1. The second-order valence-electron chi connectivity index (χ2n) is 4.46. The second-order valence-corrected chi connectivity index (χ2v) is 5.38. The molecular weight excluding hydrogens is 338 g/mol. The summed E-state index contributed by atoms with van der Waals surface area (Å²) in [4.78, 5) is 24.4. The second kappa shape index (κ2) is 7.64. The van der Waals surface area contributed by atoms with Crippen LogP contribution in [-0.4, -0.2) is 34.6 Å². The van der Waals surface area contributed by atoms with E-state index in [2.05, 4.69) is 21.2 Å². The van der Waals surface area contributed by atoms with Gasteiger partial charge in [0.25, 0.3) is 0 Å². The molecule has 1 aromatic rings. The van der Waals surface area contributed by atoms with Crippen LogP contribution in [0, 0.1) is 11.3 Å². The molecule has 0 aliphatic rings. The summed E-state index contributed by atoms with van der Waals surface area (Å²) in [6, 6.07) is 6.08. The smallest absolute Gasteiger partial charge is 0.322 e. The fourth-order valence-corrected chi connectivity index (χ4v) is 2.28. The number of nitrogens with one attached hydrogen (secondary N) is 1. The first-order valence-corrected chi connectivity index (χ1v) is 7.17. The highest BCUT2D eigenvalue weighted by molar-refractivity contribution is 9.10. The van der Waals surface area contributed by atoms with Gasteiger partial charge in [-0.05, 0) is 32.0 Å². The van der Waals surface area contributed by atoms with E-state index in [1.807, 2.05) is 6.07 Å². The molecule has 0 saturated heterocycles. The topological polar surface area (TPSA) is 93.4 Å². The first-order chi connectivity index (χ1) is 9.88. The van der Waals surface area contributed by atoms with Crippen LogP contribution in [0.4, 0.5) is 10.5 Å². The van der Waals surface area contributed by atoms with Crippen molar-refractivity contribution in [3.05, 3.63) is 28.2 Å². The van der Waals surface area contributed by atoms with Gasteiger partial charge in [-0.3, -0.25) is 4.79 Å². The highest BCUT2D eigenvalue weighted by Gasteiger charge is 2.21. The lowest BCUT2D eigenvalue weighted by Gasteiger charge is -2.27. The molecule has 0 spiro atoms. The molecular formula is C14H16BrN3O3. The average Bonchev–Trinajstić information content (AvgIpc) is 2.40. The number of benzene rings is 1. The van der Waals surface area contributed by atoms with E-state index < -0.39 is 18.0 Å². The largest absolute Gasteiger partial charge is 0.481 e. The van der Waals surface area contributed by atoms with Gasteiger partial charge in [-0.25, -0.2) is 4.79 Å². The highest BCUT2D eigenvalue weighted by atomic mass is 79.9. The lowest BCUT2D eigenvalue weighted by molar-refractivity contribution is -0.137. The van der Waals surface area contributed by atoms with Crippen LogP contribution in [0.25, 0.3) is 0 Å². The van der Waals surface area contributed by atoms with Gasteiger partial charge in [-0.1, -0.05) is 15.9 Å². The van der Waals surface area contributed by atoms with E-state index in [-0.39, 0.29) is 6.42 Å². The number of aliphatic carboxylic acids is 1. The molecule has 1 unspecified atom stereocenters. The number of carboxylic acid groups (broad SMARTS) is 1. The molecule has 1 atom stereocenters. The Kier molecular flexibility index (Phi) is 6.18. The minimum Gasteiger partial charge on any atom is -0.481 e. The van der Waals surface area contributed by atoms with Gasteiger partial charge in [0.05, 0.1) is 17.7 Å². The third kappa shape index (κ3) is 4.76. The van der Waals surface area contributed by atoms with Gasteiger partial charge in [0.1, 0.15) is 6.07 Å². The first-order valence-electron chi connectivity index (χ1n) is 6.38. The Morgan fingerprint density at radius 2 is 2.19 bits per heavy atom. The summed E-state index contributed by atoms with van der Waals surface area (Å²) in [6.45, 7) is 3.81. The molecule has 0 fully saturated rings. The van der Waals surface area contributed by atoms with Gasteiger partial charge in [-0.15, -0.1) is 0 Å². The third-order valence-corrected chi connectivity index (χ3v) is 3.44. The van der Waals surface area contributed by atoms with Crippen LogP contribution < -0.4 is 5.32 Å². The Bertz CT molecular complexity index is 583. The lowest BCUT2D eigenvalue weighted by Crippen LogP contribution is -2.42. The molecule has 0 aromatic heterocycles. The molecule has 0 aliphatic heterocycles. The van der Waals surface area contributed by atoms with Gasteiger partial charge < -0.3 is 15.3 Å². The Hall–Kier alpha value is -2.07. The van der Waals surface area contributed by atoms with E-state index in [0.717, 1.165) is 4.47 Å². The monoisotopic (exact) mass is 353 g/mol. The van der Waals surface area contributed by atoms with E-state index in [0.29, 0.717) is 17.8 Å². The van der Waals surface area contributed by atoms with Crippen LogP contribution in [0.2, 0.25) is 0 Å². The number of rotatable bonds is 5. The Labute approximate surface area is 131 Å². The third-order valence-electron chi connectivity index (χ3n) is 2.95. The average molecular weight is 354 g/mol. The number of urea groups is 1. The first kappa shape index (κ1) is 17.0. The lowest BCUT2D eigenvalue weighted by atomic mass is 10.2. The predicted octanol–water partition coefficient (Wildman–Crippen LogP) is 3.04. The summed E-state index contributed by atoms with van der Waals surface area (Å²) in [6.07, 6.45) is -0.132. The van der Waals surface area contributed by atoms with Crippen molar-refractivity contribution >= 4 is 33.6 Å². The molecule has 0 heterocycles.